The highest BCUT2D eigenvalue weighted by Gasteiger charge is 2.21. The van der Waals surface area contributed by atoms with Gasteiger partial charge in [0, 0.05) is 10.0 Å². The Labute approximate surface area is 126 Å². The van der Waals surface area contributed by atoms with Crippen LogP contribution in [0.15, 0.2) is 40.9 Å². The van der Waals surface area contributed by atoms with Crippen LogP contribution in [0.4, 0.5) is 0 Å². The summed E-state index contributed by atoms with van der Waals surface area (Å²) in [6, 6.07) is 10.9. The highest BCUT2D eigenvalue weighted by Crippen LogP contribution is 2.31. The summed E-state index contributed by atoms with van der Waals surface area (Å²) in [4.78, 5) is 12.8. The Hall–Kier alpha value is -1.81. The van der Waals surface area contributed by atoms with Crippen LogP contribution in [0.2, 0.25) is 0 Å². The van der Waals surface area contributed by atoms with Gasteiger partial charge in [-0.3, -0.25) is 4.79 Å². The molecule has 0 amide bonds. The molecule has 0 aliphatic heterocycles. The first-order valence-corrected chi connectivity index (χ1v) is 6.89. The van der Waals surface area contributed by atoms with E-state index in [0.29, 0.717) is 22.6 Å². The van der Waals surface area contributed by atoms with Crippen LogP contribution in [-0.4, -0.2) is 20.0 Å². The zero-order valence-electron chi connectivity index (χ0n) is 11.6. The van der Waals surface area contributed by atoms with Crippen molar-refractivity contribution in [3.8, 4) is 11.5 Å². The molecule has 0 unspecified atom stereocenters. The first-order valence-electron chi connectivity index (χ1n) is 6.10. The molecule has 0 aliphatic rings. The van der Waals surface area contributed by atoms with Gasteiger partial charge < -0.3 is 9.47 Å². The summed E-state index contributed by atoms with van der Waals surface area (Å²) in [5.74, 6) is 0.914. The molecular weight excluding hydrogens is 320 g/mol. The van der Waals surface area contributed by atoms with Crippen molar-refractivity contribution in [2.45, 2.75) is 6.92 Å². The van der Waals surface area contributed by atoms with E-state index in [2.05, 4.69) is 15.9 Å². The summed E-state index contributed by atoms with van der Waals surface area (Å²) in [6.45, 7) is 1.90. The lowest BCUT2D eigenvalue weighted by atomic mass is 9.98. The van der Waals surface area contributed by atoms with Gasteiger partial charge in [-0.2, -0.15) is 0 Å². The van der Waals surface area contributed by atoms with Crippen LogP contribution >= 0.6 is 15.9 Å². The lowest BCUT2D eigenvalue weighted by Crippen LogP contribution is -2.08. The van der Waals surface area contributed by atoms with Crippen LogP contribution in [-0.2, 0) is 0 Å². The summed E-state index contributed by atoms with van der Waals surface area (Å²) in [7, 11) is 3.08. The quantitative estimate of drug-likeness (QED) is 0.792. The number of hydrogen-bond acceptors (Lipinski definition) is 3. The first kappa shape index (κ1) is 14.6. The van der Waals surface area contributed by atoms with Gasteiger partial charge in [0.05, 0.1) is 14.2 Å². The molecule has 3 nitrogen and oxygen atoms in total. The fourth-order valence-corrected chi connectivity index (χ4v) is 2.57. The number of benzene rings is 2. The van der Waals surface area contributed by atoms with Crippen LogP contribution in [0.5, 0.6) is 11.5 Å². The number of halogens is 1. The summed E-state index contributed by atoms with van der Waals surface area (Å²) < 4.78 is 11.5. The molecule has 0 saturated heterocycles. The Morgan fingerprint density at radius 3 is 2.15 bits per heavy atom. The van der Waals surface area contributed by atoms with E-state index in [1.54, 1.807) is 38.5 Å². The average Bonchev–Trinajstić information content (AvgIpc) is 2.45. The fraction of sp³-hybridized carbons (Fsp3) is 0.188. The zero-order valence-corrected chi connectivity index (χ0v) is 13.2. The van der Waals surface area contributed by atoms with Crippen molar-refractivity contribution in [1.29, 1.82) is 0 Å². The van der Waals surface area contributed by atoms with E-state index in [9.17, 15) is 4.79 Å². The van der Waals surface area contributed by atoms with Crippen molar-refractivity contribution >= 4 is 21.7 Å². The number of ether oxygens (including phenoxy) is 2. The molecule has 0 saturated carbocycles. The third-order valence-corrected chi connectivity index (χ3v) is 3.58. The number of ketones is 1. The van der Waals surface area contributed by atoms with Gasteiger partial charge in [-0.05, 0) is 42.8 Å². The van der Waals surface area contributed by atoms with Crippen LogP contribution in [0.3, 0.4) is 0 Å². The second kappa shape index (κ2) is 6.09. The highest BCUT2D eigenvalue weighted by molar-refractivity contribution is 9.10. The van der Waals surface area contributed by atoms with E-state index in [1.807, 2.05) is 19.1 Å². The van der Waals surface area contributed by atoms with Crippen molar-refractivity contribution in [2.24, 2.45) is 0 Å². The molecule has 0 fully saturated rings. The molecule has 0 spiro atoms. The van der Waals surface area contributed by atoms with Crippen LogP contribution in [0, 0.1) is 6.92 Å². The minimum atomic E-state index is -0.107. The van der Waals surface area contributed by atoms with Gasteiger partial charge in [-0.15, -0.1) is 0 Å². The molecule has 0 aromatic heterocycles. The van der Waals surface area contributed by atoms with Crippen molar-refractivity contribution in [1.82, 2.24) is 0 Å². The molecule has 0 heterocycles. The van der Waals surface area contributed by atoms with E-state index in [-0.39, 0.29) is 5.78 Å². The van der Waals surface area contributed by atoms with Crippen LogP contribution in [0.25, 0.3) is 0 Å². The Morgan fingerprint density at radius 1 is 1.05 bits per heavy atom. The molecule has 20 heavy (non-hydrogen) atoms. The predicted octanol–water partition coefficient (Wildman–Crippen LogP) is 4.01. The smallest absolute Gasteiger partial charge is 0.200 e. The molecule has 0 atom stereocenters. The SMILES string of the molecule is COc1cccc(OC)c1C(=O)c1ccc(Br)cc1C. The standard InChI is InChI=1S/C16H15BrO3/c1-10-9-11(17)7-8-12(10)16(18)15-13(19-2)5-4-6-14(15)20-3/h4-9H,1-3H3. The monoisotopic (exact) mass is 334 g/mol. The maximum Gasteiger partial charge on any atom is 0.200 e. The summed E-state index contributed by atoms with van der Waals surface area (Å²) in [5.41, 5.74) is 1.98. The van der Waals surface area contributed by atoms with Crippen molar-refractivity contribution in [3.05, 3.63) is 57.6 Å². The van der Waals surface area contributed by atoms with Gasteiger partial charge >= 0.3 is 0 Å². The van der Waals surface area contributed by atoms with Crippen LogP contribution in [0.1, 0.15) is 21.5 Å². The Kier molecular flexibility index (Phi) is 4.45. The normalized spacial score (nSPS) is 10.2. The Morgan fingerprint density at radius 2 is 1.65 bits per heavy atom. The molecule has 0 aliphatic carbocycles. The number of carbonyl (C=O) groups excluding carboxylic acids is 1. The van der Waals surface area contributed by atoms with Gasteiger partial charge in [0.1, 0.15) is 17.1 Å². The molecule has 0 bridgehead atoms. The van der Waals surface area contributed by atoms with E-state index in [1.165, 1.54) is 0 Å². The van der Waals surface area contributed by atoms with E-state index in [0.717, 1.165) is 10.0 Å². The number of hydrogen-bond donors (Lipinski definition) is 0. The minimum absolute atomic E-state index is 0.107. The number of rotatable bonds is 4. The maximum atomic E-state index is 12.8. The second-order valence-corrected chi connectivity index (χ2v) is 5.24. The summed E-state index contributed by atoms with van der Waals surface area (Å²) in [6.07, 6.45) is 0. The van der Waals surface area contributed by atoms with E-state index < -0.39 is 0 Å². The Bertz CT molecular complexity index is 628. The third-order valence-electron chi connectivity index (χ3n) is 3.09. The van der Waals surface area contributed by atoms with Gasteiger partial charge in [0.25, 0.3) is 0 Å². The molecule has 0 N–H and O–H groups in total. The number of aryl methyl sites for hydroxylation is 1. The first-order chi connectivity index (χ1) is 9.58. The molecule has 2 aromatic rings. The van der Waals surface area contributed by atoms with Gasteiger partial charge in [0.2, 0.25) is 5.78 Å². The summed E-state index contributed by atoms with van der Waals surface area (Å²) >= 11 is 3.40. The van der Waals surface area contributed by atoms with Crippen LogP contribution < -0.4 is 9.47 Å². The average molecular weight is 335 g/mol. The van der Waals surface area contributed by atoms with Gasteiger partial charge in [-0.1, -0.05) is 22.0 Å². The zero-order chi connectivity index (χ0) is 14.7. The van der Waals surface area contributed by atoms with Crippen molar-refractivity contribution in [2.75, 3.05) is 14.2 Å². The minimum Gasteiger partial charge on any atom is -0.496 e. The lowest BCUT2D eigenvalue weighted by molar-refractivity contribution is 0.103. The number of methoxy groups -OCH3 is 2. The van der Waals surface area contributed by atoms with Gasteiger partial charge in [0.15, 0.2) is 0 Å². The number of carbonyl (C=O) groups is 1. The topological polar surface area (TPSA) is 35.5 Å². The Balaban J connectivity index is 2.58. The van der Waals surface area contributed by atoms with E-state index in [4.69, 9.17) is 9.47 Å². The van der Waals surface area contributed by atoms with E-state index >= 15 is 0 Å². The second-order valence-electron chi connectivity index (χ2n) is 4.33. The molecule has 2 rings (SSSR count). The predicted molar refractivity (Wildman–Crippen MR) is 81.9 cm³/mol. The largest absolute Gasteiger partial charge is 0.496 e. The maximum absolute atomic E-state index is 12.8. The lowest BCUT2D eigenvalue weighted by Gasteiger charge is -2.13. The molecular formula is C16H15BrO3. The van der Waals surface area contributed by atoms with Crippen molar-refractivity contribution < 1.29 is 14.3 Å². The molecule has 4 heteroatoms. The third kappa shape index (κ3) is 2.70. The molecule has 104 valence electrons. The van der Waals surface area contributed by atoms with Gasteiger partial charge in [-0.25, -0.2) is 0 Å². The molecule has 0 radical (unpaired) electrons. The van der Waals surface area contributed by atoms with Crippen molar-refractivity contribution in [3.63, 3.8) is 0 Å². The molecule has 2 aromatic carbocycles. The fourth-order valence-electron chi connectivity index (χ4n) is 2.09. The summed E-state index contributed by atoms with van der Waals surface area (Å²) in [5, 5.41) is 0. The highest BCUT2D eigenvalue weighted by atomic mass is 79.9.